The fraction of sp³-hybridized carbons (Fsp3) is 0.400. The number of hydrogen-bond acceptors (Lipinski definition) is 4. The second-order valence-corrected chi connectivity index (χ2v) is 9.28. The fourth-order valence-electron chi connectivity index (χ4n) is 3.41. The lowest BCUT2D eigenvalue weighted by Gasteiger charge is -2.30. The van der Waals surface area contributed by atoms with Crippen molar-refractivity contribution in [1.82, 2.24) is 14.6 Å². The molecule has 28 heavy (non-hydrogen) atoms. The van der Waals surface area contributed by atoms with Gasteiger partial charge in [0.15, 0.2) is 0 Å². The number of piperidine rings is 1. The van der Waals surface area contributed by atoms with E-state index in [0.717, 1.165) is 11.1 Å². The molecular formula is C20H25N3O4S. The second-order valence-electron chi connectivity index (χ2n) is 7.30. The van der Waals surface area contributed by atoms with E-state index in [-0.39, 0.29) is 11.5 Å². The molecule has 150 valence electrons. The smallest absolute Gasteiger partial charge is 0.261 e. The predicted octanol–water partition coefficient (Wildman–Crippen LogP) is 1.75. The molecule has 1 saturated heterocycles. The summed E-state index contributed by atoms with van der Waals surface area (Å²) in [5.41, 5.74) is 2.29. The first-order valence-corrected chi connectivity index (χ1v) is 11.1. The molecule has 0 aliphatic carbocycles. The summed E-state index contributed by atoms with van der Waals surface area (Å²) in [5.74, 6) is -0.213. The Morgan fingerprint density at radius 1 is 1.21 bits per heavy atom. The standard InChI is InChI=1S/C20H25N3O4S/c1-14-4-3-5-16(12-14)18-7-6-17(20(25)22-18)19(24)21-13-15-8-10-23(11-9-15)28(2,26)27/h3-7,12,15H,8-11,13H2,1-2H3,(H,21,24)(H,22,25). The van der Waals surface area contributed by atoms with E-state index in [1.807, 2.05) is 31.2 Å². The highest BCUT2D eigenvalue weighted by molar-refractivity contribution is 7.88. The highest BCUT2D eigenvalue weighted by Crippen LogP contribution is 2.19. The van der Waals surface area contributed by atoms with Crippen molar-refractivity contribution in [2.75, 3.05) is 25.9 Å². The van der Waals surface area contributed by atoms with Gasteiger partial charge in [0.1, 0.15) is 5.56 Å². The van der Waals surface area contributed by atoms with Gasteiger partial charge in [-0.1, -0.05) is 23.8 Å². The van der Waals surface area contributed by atoms with Gasteiger partial charge < -0.3 is 10.3 Å². The number of H-pyrrole nitrogens is 1. The van der Waals surface area contributed by atoms with Crippen molar-refractivity contribution >= 4 is 15.9 Å². The van der Waals surface area contributed by atoms with E-state index < -0.39 is 21.5 Å². The number of nitrogens with one attached hydrogen (secondary N) is 2. The highest BCUT2D eigenvalue weighted by Gasteiger charge is 2.25. The number of carbonyl (C=O) groups excluding carboxylic acids is 1. The van der Waals surface area contributed by atoms with Gasteiger partial charge >= 0.3 is 0 Å². The third-order valence-corrected chi connectivity index (χ3v) is 6.38. The molecule has 1 fully saturated rings. The van der Waals surface area contributed by atoms with E-state index in [9.17, 15) is 18.0 Å². The summed E-state index contributed by atoms with van der Waals surface area (Å²) in [6, 6.07) is 11.0. The summed E-state index contributed by atoms with van der Waals surface area (Å²) in [6.45, 7) is 3.33. The lowest BCUT2D eigenvalue weighted by Crippen LogP contribution is -2.41. The number of amides is 1. The Morgan fingerprint density at radius 3 is 2.54 bits per heavy atom. The Hall–Kier alpha value is -2.45. The topological polar surface area (TPSA) is 99.3 Å². The molecule has 7 nitrogen and oxygen atoms in total. The van der Waals surface area contributed by atoms with Crippen molar-refractivity contribution in [1.29, 1.82) is 0 Å². The summed E-state index contributed by atoms with van der Waals surface area (Å²) in [4.78, 5) is 27.5. The van der Waals surface area contributed by atoms with Crippen LogP contribution in [-0.4, -0.2) is 49.5 Å². The molecule has 0 saturated carbocycles. The van der Waals surface area contributed by atoms with Gasteiger partial charge in [-0.25, -0.2) is 12.7 Å². The second kappa shape index (κ2) is 8.28. The molecule has 0 unspecified atom stereocenters. The number of aromatic nitrogens is 1. The molecule has 2 aromatic rings. The summed E-state index contributed by atoms with van der Waals surface area (Å²) >= 11 is 0. The van der Waals surface area contributed by atoms with Crippen LogP contribution in [0, 0.1) is 12.8 Å². The van der Waals surface area contributed by atoms with Crippen LogP contribution in [-0.2, 0) is 10.0 Å². The van der Waals surface area contributed by atoms with E-state index in [0.29, 0.717) is 38.2 Å². The number of sulfonamides is 1. The average molecular weight is 404 g/mol. The van der Waals surface area contributed by atoms with Crippen LogP contribution in [0.4, 0.5) is 0 Å². The summed E-state index contributed by atoms with van der Waals surface area (Å²) in [5, 5.41) is 2.80. The number of hydrogen-bond donors (Lipinski definition) is 2. The average Bonchev–Trinajstić information content (AvgIpc) is 2.65. The Balaban J connectivity index is 1.60. The molecule has 1 aromatic carbocycles. The molecule has 1 aliphatic rings. The van der Waals surface area contributed by atoms with E-state index in [1.54, 1.807) is 6.07 Å². The molecule has 2 heterocycles. The maximum Gasteiger partial charge on any atom is 0.261 e. The first-order valence-electron chi connectivity index (χ1n) is 9.28. The number of rotatable bonds is 5. The van der Waals surface area contributed by atoms with E-state index in [2.05, 4.69) is 10.3 Å². The van der Waals surface area contributed by atoms with Gasteiger partial charge in [-0.2, -0.15) is 0 Å². The first-order chi connectivity index (χ1) is 13.2. The van der Waals surface area contributed by atoms with E-state index in [4.69, 9.17) is 0 Å². The van der Waals surface area contributed by atoms with Crippen molar-refractivity contribution in [3.05, 3.63) is 57.9 Å². The van der Waals surface area contributed by atoms with Gasteiger partial charge in [-0.3, -0.25) is 9.59 Å². The molecule has 3 rings (SSSR count). The van der Waals surface area contributed by atoms with Gasteiger partial charge in [-0.05, 0) is 49.4 Å². The Labute approximate surface area is 164 Å². The third kappa shape index (κ3) is 4.88. The zero-order chi connectivity index (χ0) is 20.3. The molecule has 1 aromatic heterocycles. The first kappa shape index (κ1) is 20.3. The van der Waals surface area contributed by atoms with Crippen LogP contribution >= 0.6 is 0 Å². The van der Waals surface area contributed by atoms with Gasteiger partial charge in [0.05, 0.1) is 6.26 Å². The van der Waals surface area contributed by atoms with Crippen LogP contribution in [0.15, 0.2) is 41.2 Å². The highest BCUT2D eigenvalue weighted by atomic mass is 32.2. The van der Waals surface area contributed by atoms with Crippen LogP contribution in [0.3, 0.4) is 0 Å². The SMILES string of the molecule is Cc1cccc(-c2ccc(C(=O)NCC3CCN(S(C)(=O)=O)CC3)c(=O)[nH]2)c1. The zero-order valence-electron chi connectivity index (χ0n) is 16.1. The Morgan fingerprint density at radius 2 is 1.93 bits per heavy atom. The van der Waals surface area contributed by atoms with Crippen LogP contribution in [0.2, 0.25) is 0 Å². The molecule has 0 bridgehead atoms. The van der Waals surface area contributed by atoms with E-state index in [1.165, 1.54) is 16.6 Å². The largest absolute Gasteiger partial charge is 0.352 e. The number of benzene rings is 1. The summed E-state index contributed by atoms with van der Waals surface area (Å²) < 4.78 is 24.6. The van der Waals surface area contributed by atoms with Gasteiger partial charge in [-0.15, -0.1) is 0 Å². The van der Waals surface area contributed by atoms with E-state index >= 15 is 0 Å². The molecule has 0 spiro atoms. The van der Waals surface area contributed by atoms with Gasteiger partial charge in [0.2, 0.25) is 10.0 Å². The summed E-state index contributed by atoms with van der Waals surface area (Å²) in [7, 11) is -3.16. The minimum absolute atomic E-state index is 0.0741. The minimum atomic E-state index is -3.16. The quantitative estimate of drug-likeness (QED) is 0.794. The van der Waals surface area contributed by atoms with Crippen molar-refractivity contribution in [3.63, 3.8) is 0 Å². The Bertz CT molecular complexity index is 1020. The Kier molecular flexibility index (Phi) is 6.00. The predicted molar refractivity (Wildman–Crippen MR) is 109 cm³/mol. The van der Waals surface area contributed by atoms with Crippen LogP contribution in [0.1, 0.15) is 28.8 Å². The van der Waals surface area contributed by atoms with Crippen molar-refractivity contribution in [2.45, 2.75) is 19.8 Å². The third-order valence-electron chi connectivity index (χ3n) is 5.08. The molecule has 8 heteroatoms. The summed E-state index contributed by atoms with van der Waals surface area (Å²) in [6.07, 6.45) is 2.59. The van der Waals surface area contributed by atoms with Crippen LogP contribution < -0.4 is 10.9 Å². The number of aromatic amines is 1. The monoisotopic (exact) mass is 403 g/mol. The maximum absolute atomic E-state index is 12.4. The lowest BCUT2D eigenvalue weighted by atomic mass is 9.98. The molecule has 0 atom stereocenters. The minimum Gasteiger partial charge on any atom is -0.352 e. The van der Waals surface area contributed by atoms with Crippen LogP contribution in [0.25, 0.3) is 11.3 Å². The molecule has 1 amide bonds. The number of carbonyl (C=O) groups is 1. The van der Waals surface area contributed by atoms with Gasteiger partial charge in [0.25, 0.3) is 11.5 Å². The molecule has 1 aliphatic heterocycles. The van der Waals surface area contributed by atoms with Crippen molar-refractivity contribution < 1.29 is 13.2 Å². The normalized spacial score (nSPS) is 16.1. The lowest BCUT2D eigenvalue weighted by molar-refractivity contribution is 0.0940. The molecule has 2 N–H and O–H groups in total. The maximum atomic E-state index is 12.4. The fourth-order valence-corrected chi connectivity index (χ4v) is 4.28. The van der Waals surface area contributed by atoms with Gasteiger partial charge in [0, 0.05) is 25.3 Å². The molecular weight excluding hydrogens is 378 g/mol. The number of aryl methyl sites for hydroxylation is 1. The zero-order valence-corrected chi connectivity index (χ0v) is 16.9. The number of pyridine rings is 1. The van der Waals surface area contributed by atoms with Crippen molar-refractivity contribution in [3.8, 4) is 11.3 Å². The van der Waals surface area contributed by atoms with Crippen LogP contribution in [0.5, 0.6) is 0 Å². The van der Waals surface area contributed by atoms with Crippen molar-refractivity contribution in [2.24, 2.45) is 5.92 Å². The molecule has 0 radical (unpaired) electrons. The number of nitrogens with zero attached hydrogens (tertiary/aromatic N) is 1.